The largest absolute Gasteiger partial charge is 0.481 e. The number of benzene rings is 2. The minimum atomic E-state index is -0.739. The summed E-state index contributed by atoms with van der Waals surface area (Å²) in [5.41, 5.74) is 5.15. The van der Waals surface area contributed by atoms with E-state index in [2.05, 4.69) is 26.8 Å². The van der Waals surface area contributed by atoms with Crippen LogP contribution in [0, 0.1) is 0 Å². The van der Waals surface area contributed by atoms with Crippen LogP contribution < -0.4 is 15.6 Å². The summed E-state index contributed by atoms with van der Waals surface area (Å²) in [6, 6.07) is 15.7. The molecular weight excluding hydrogens is 348 g/mol. The first-order chi connectivity index (χ1) is 10.6. The van der Waals surface area contributed by atoms with Crippen molar-refractivity contribution >= 4 is 27.7 Å². The van der Waals surface area contributed by atoms with E-state index < -0.39 is 12.0 Å². The molecule has 2 N–H and O–H groups in total. The molecule has 6 heteroatoms. The molecule has 0 aliphatic carbocycles. The van der Waals surface area contributed by atoms with Gasteiger partial charge in [-0.05, 0) is 43.3 Å². The molecule has 22 heavy (non-hydrogen) atoms. The number of ether oxygens (including phenoxy) is 1. The summed E-state index contributed by atoms with van der Waals surface area (Å²) in [6.45, 7) is 1.60. The number of carbonyl (C=O) groups is 2. The van der Waals surface area contributed by atoms with Crippen LogP contribution in [-0.2, 0) is 4.79 Å². The van der Waals surface area contributed by atoms with Crippen LogP contribution in [0.15, 0.2) is 59.1 Å². The number of halogens is 1. The Morgan fingerprint density at radius 2 is 1.64 bits per heavy atom. The van der Waals surface area contributed by atoms with Crippen molar-refractivity contribution in [3.8, 4) is 5.75 Å². The number of hydrogen-bond acceptors (Lipinski definition) is 3. The van der Waals surface area contributed by atoms with Crippen molar-refractivity contribution in [1.82, 2.24) is 10.9 Å². The Balaban J connectivity index is 1.84. The quantitative estimate of drug-likeness (QED) is 0.821. The van der Waals surface area contributed by atoms with Crippen molar-refractivity contribution < 1.29 is 14.3 Å². The van der Waals surface area contributed by atoms with Crippen molar-refractivity contribution in [2.24, 2.45) is 0 Å². The average Bonchev–Trinajstić information content (AvgIpc) is 2.55. The normalized spacial score (nSPS) is 11.4. The lowest BCUT2D eigenvalue weighted by Crippen LogP contribution is -2.47. The van der Waals surface area contributed by atoms with Crippen molar-refractivity contribution in [1.29, 1.82) is 0 Å². The number of nitrogens with one attached hydrogen (secondary N) is 2. The molecule has 5 nitrogen and oxygen atoms in total. The zero-order valence-electron chi connectivity index (χ0n) is 11.9. The van der Waals surface area contributed by atoms with E-state index in [1.54, 1.807) is 43.3 Å². The predicted octanol–water partition coefficient (Wildman–Crippen LogP) is 2.68. The first-order valence-electron chi connectivity index (χ1n) is 6.64. The van der Waals surface area contributed by atoms with Crippen molar-refractivity contribution in [3.63, 3.8) is 0 Å². The minimum absolute atomic E-state index is 0.384. The van der Waals surface area contributed by atoms with E-state index in [4.69, 9.17) is 4.74 Å². The molecule has 0 saturated carbocycles. The predicted molar refractivity (Wildman–Crippen MR) is 86.3 cm³/mol. The molecule has 0 saturated heterocycles. The first kappa shape index (κ1) is 16.0. The zero-order valence-corrected chi connectivity index (χ0v) is 13.5. The molecule has 0 fully saturated rings. The number of carbonyl (C=O) groups excluding carboxylic acids is 2. The highest BCUT2D eigenvalue weighted by Gasteiger charge is 2.15. The highest BCUT2D eigenvalue weighted by atomic mass is 79.9. The van der Waals surface area contributed by atoms with E-state index in [-0.39, 0.29) is 5.91 Å². The van der Waals surface area contributed by atoms with Gasteiger partial charge in [0, 0.05) is 10.0 Å². The molecule has 0 spiro atoms. The Morgan fingerprint density at radius 1 is 1.00 bits per heavy atom. The van der Waals surface area contributed by atoms with Crippen LogP contribution in [0.5, 0.6) is 5.75 Å². The van der Waals surface area contributed by atoms with Gasteiger partial charge in [-0.25, -0.2) is 0 Å². The summed E-state index contributed by atoms with van der Waals surface area (Å²) < 4.78 is 6.41. The van der Waals surface area contributed by atoms with Crippen molar-refractivity contribution in [2.75, 3.05) is 0 Å². The van der Waals surface area contributed by atoms with Crippen molar-refractivity contribution in [2.45, 2.75) is 13.0 Å². The fraction of sp³-hybridized carbons (Fsp3) is 0.125. The molecule has 114 valence electrons. The maximum absolute atomic E-state index is 11.9. The fourth-order valence-electron chi connectivity index (χ4n) is 1.65. The first-order valence-corrected chi connectivity index (χ1v) is 7.43. The zero-order chi connectivity index (χ0) is 15.9. The molecule has 0 aliphatic heterocycles. The van der Waals surface area contributed by atoms with Crippen LogP contribution in [0.1, 0.15) is 17.3 Å². The summed E-state index contributed by atoms with van der Waals surface area (Å²) in [7, 11) is 0. The molecule has 1 unspecified atom stereocenters. The molecule has 1 atom stereocenters. The second-order valence-corrected chi connectivity index (χ2v) is 5.44. The standard InChI is InChI=1S/C16H15BrN2O3/c1-11(22-14-9-7-13(17)8-10-14)15(20)18-19-16(21)12-5-3-2-4-6-12/h2-11H,1H3,(H,18,20)(H,19,21). The average molecular weight is 363 g/mol. The summed E-state index contributed by atoms with van der Waals surface area (Å²) >= 11 is 3.32. The van der Waals surface area contributed by atoms with Crippen LogP contribution in [-0.4, -0.2) is 17.9 Å². The second kappa shape index (κ2) is 7.61. The topological polar surface area (TPSA) is 67.4 Å². The van der Waals surface area contributed by atoms with Gasteiger partial charge >= 0.3 is 0 Å². The van der Waals surface area contributed by atoms with Gasteiger partial charge < -0.3 is 4.74 Å². The molecule has 0 radical (unpaired) electrons. The van der Waals surface area contributed by atoms with Crippen LogP contribution in [0.3, 0.4) is 0 Å². The SMILES string of the molecule is CC(Oc1ccc(Br)cc1)C(=O)NNC(=O)c1ccccc1. The van der Waals surface area contributed by atoms with Gasteiger partial charge in [0.25, 0.3) is 11.8 Å². The Kier molecular flexibility index (Phi) is 5.55. The molecule has 0 aliphatic rings. The van der Waals surface area contributed by atoms with Gasteiger partial charge in [-0.15, -0.1) is 0 Å². The van der Waals surface area contributed by atoms with Crippen LogP contribution in [0.4, 0.5) is 0 Å². The van der Waals surface area contributed by atoms with Gasteiger partial charge in [0.1, 0.15) is 5.75 Å². The molecule has 2 amide bonds. The summed E-state index contributed by atoms with van der Waals surface area (Å²) in [5.74, 6) is -0.253. The highest BCUT2D eigenvalue weighted by Crippen LogP contribution is 2.17. The third-order valence-electron chi connectivity index (χ3n) is 2.83. The van der Waals surface area contributed by atoms with Crippen LogP contribution in [0.25, 0.3) is 0 Å². The Labute approximate surface area is 136 Å². The lowest BCUT2D eigenvalue weighted by molar-refractivity contribution is -0.128. The maximum atomic E-state index is 11.9. The Morgan fingerprint density at radius 3 is 2.27 bits per heavy atom. The molecule has 0 heterocycles. The van der Waals surface area contributed by atoms with Gasteiger partial charge in [-0.1, -0.05) is 34.1 Å². The number of rotatable bonds is 4. The van der Waals surface area contributed by atoms with Gasteiger partial charge in [0.2, 0.25) is 0 Å². The van der Waals surface area contributed by atoms with Gasteiger partial charge in [-0.3, -0.25) is 20.4 Å². The lowest BCUT2D eigenvalue weighted by Gasteiger charge is -2.15. The summed E-state index contributed by atoms with van der Waals surface area (Å²) in [4.78, 5) is 23.7. The van der Waals surface area contributed by atoms with Gasteiger partial charge in [-0.2, -0.15) is 0 Å². The fourth-order valence-corrected chi connectivity index (χ4v) is 1.92. The maximum Gasteiger partial charge on any atom is 0.279 e. The summed E-state index contributed by atoms with van der Waals surface area (Å²) in [5, 5.41) is 0. The molecule has 2 aromatic rings. The smallest absolute Gasteiger partial charge is 0.279 e. The van der Waals surface area contributed by atoms with Gasteiger partial charge in [0.05, 0.1) is 0 Å². The minimum Gasteiger partial charge on any atom is -0.481 e. The highest BCUT2D eigenvalue weighted by molar-refractivity contribution is 9.10. The Bertz CT molecular complexity index is 644. The third-order valence-corrected chi connectivity index (χ3v) is 3.36. The van der Waals surface area contributed by atoms with Crippen LogP contribution >= 0.6 is 15.9 Å². The number of hydrazine groups is 1. The third kappa shape index (κ3) is 4.60. The molecule has 0 bridgehead atoms. The van der Waals surface area contributed by atoms with Gasteiger partial charge in [0.15, 0.2) is 6.10 Å². The number of hydrogen-bond donors (Lipinski definition) is 2. The summed E-state index contributed by atoms with van der Waals surface area (Å²) in [6.07, 6.45) is -0.739. The molecule has 0 aromatic heterocycles. The second-order valence-electron chi connectivity index (χ2n) is 4.52. The molecule has 2 rings (SSSR count). The van der Waals surface area contributed by atoms with E-state index in [0.29, 0.717) is 11.3 Å². The van der Waals surface area contributed by atoms with E-state index in [1.807, 2.05) is 18.2 Å². The lowest BCUT2D eigenvalue weighted by atomic mass is 10.2. The molecule has 2 aromatic carbocycles. The monoisotopic (exact) mass is 362 g/mol. The van der Waals surface area contributed by atoms with E-state index in [1.165, 1.54) is 0 Å². The van der Waals surface area contributed by atoms with E-state index in [9.17, 15) is 9.59 Å². The van der Waals surface area contributed by atoms with Crippen LogP contribution in [0.2, 0.25) is 0 Å². The van der Waals surface area contributed by atoms with E-state index in [0.717, 1.165) is 4.47 Å². The molecular formula is C16H15BrN2O3. The Hall–Kier alpha value is -2.34. The number of amides is 2. The van der Waals surface area contributed by atoms with E-state index >= 15 is 0 Å². The van der Waals surface area contributed by atoms with Crippen molar-refractivity contribution in [3.05, 3.63) is 64.6 Å².